The molecule has 0 bridgehead atoms. The van der Waals surface area contributed by atoms with E-state index in [1.165, 1.54) is 0 Å². The predicted octanol–water partition coefficient (Wildman–Crippen LogP) is 1.80. The number of halogens is 3. The Bertz CT molecular complexity index is 345. The molecular weight excluding hydrogens is 281 g/mol. The third kappa shape index (κ3) is 12.7. The molecule has 3 amide bonds. The van der Waals surface area contributed by atoms with Crippen molar-refractivity contribution >= 4 is 17.9 Å². The molecule has 20 heavy (non-hydrogen) atoms. The molecule has 0 atom stereocenters. The number of carboxylic acid groups (broad SMARTS) is 1. The van der Waals surface area contributed by atoms with Gasteiger partial charge >= 0.3 is 18.2 Å². The number of carboxylic acids is 1. The van der Waals surface area contributed by atoms with Crippen molar-refractivity contribution in [3.63, 3.8) is 0 Å². The first-order valence-electron chi connectivity index (χ1n) is 6.07. The average Bonchev–Trinajstić information content (AvgIpc) is 2.29. The van der Waals surface area contributed by atoms with Crippen LogP contribution in [0.1, 0.15) is 38.5 Å². The van der Waals surface area contributed by atoms with Gasteiger partial charge in [0.05, 0.1) is 0 Å². The maximum Gasteiger partial charge on any atom is 0.389 e. The van der Waals surface area contributed by atoms with Crippen molar-refractivity contribution in [2.75, 3.05) is 6.54 Å². The molecule has 0 unspecified atom stereocenters. The first kappa shape index (κ1) is 18.2. The third-order valence-electron chi connectivity index (χ3n) is 2.22. The highest BCUT2D eigenvalue weighted by molar-refractivity contribution is 5.94. The summed E-state index contributed by atoms with van der Waals surface area (Å²) in [5.74, 6) is -1.56. The minimum atomic E-state index is -4.27. The van der Waals surface area contributed by atoms with Crippen LogP contribution in [-0.4, -0.2) is 35.7 Å². The van der Waals surface area contributed by atoms with Gasteiger partial charge in [-0.05, 0) is 19.3 Å². The molecule has 0 rings (SSSR count). The Morgan fingerprint density at radius 3 is 2.15 bits per heavy atom. The number of aliphatic carboxylic acids is 1. The highest BCUT2D eigenvalue weighted by Crippen LogP contribution is 2.20. The van der Waals surface area contributed by atoms with Crippen LogP contribution in [0.15, 0.2) is 0 Å². The van der Waals surface area contributed by atoms with Gasteiger partial charge in [-0.15, -0.1) is 0 Å². The summed E-state index contributed by atoms with van der Waals surface area (Å²) >= 11 is 0. The Hall–Kier alpha value is -1.80. The molecule has 0 aliphatic carbocycles. The Labute approximate surface area is 113 Å². The highest BCUT2D eigenvalue weighted by atomic mass is 19.4. The lowest BCUT2D eigenvalue weighted by Gasteiger charge is -2.08. The predicted molar refractivity (Wildman–Crippen MR) is 62.9 cm³/mol. The van der Waals surface area contributed by atoms with E-state index in [-0.39, 0.29) is 25.8 Å². The molecule has 0 spiro atoms. The Morgan fingerprint density at radius 1 is 1.00 bits per heavy atom. The second-order valence-electron chi connectivity index (χ2n) is 4.12. The van der Waals surface area contributed by atoms with Crippen LogP contribution in [0.25, 0.3) is 0 Å². The monoisotopic (exact) mass is 298 g/mol. The van der Waals surface area contributed by atoms with Crippen molar-refractivity contribution in [2.24, 2.45) is 0 Å². The number of amides is 3. The van der Waals surface area contributed by atoms with Gasteiger partial charge in [0.2, 0.25) is 5.91 Å². The van der Waals surface area contributed by atoms with Gasteiger partial charge in [0, 0.05) is 25.8 Å². The standard InChI is InChI=1S/C11H17F3N2O4/c12-11(13,14)6-3-7-15-10(20)16-8(17)4-1-2-5-9(18)19/h1-7H2,(H,18,19)(H2,15,16,17,20). The number of carbonyl (C=O) groups excluding carboxylic acids is 2. The summed E-state index contributed by atoms with van der Waals surface area (Å²) in [5, 5.41) is 12.4. The second-order valence-corrected chi connectivity index (χ2v) is 4.12. The van der Waals surface area contributed by atoms with Crippen molar-refractivity contribution in [3.05, 3.63) is 0 Å². The zero-order valence-electron chi connectivity index (χ0n) is 10.8. The summed E-state index contributed by atoms with van der Waals surface area (Å²) < 4.78 is 35.4. The number of nitrogens with one attached hydrogen (secondary N) is 2. The van der Waals surface area contributed by atoms with Crippen LogP contribution in [0, 0.1) is 0 Å². The van der Waals surface area contributed by atoms with Gasteiger partial charge in [0.15, 0.2) is 0 Å². The van der Waals surface area contributed by atoms with E-state index in [1.807, 2.05) is 5.32 Å². The third-order valence-corrected chi connectivity index (χ3v) is 2.22. The maximum atomic E-state index is 11.8. The molecule has 0 aliphatic heterocycles. The summed E-state index contributed by atoms with van der Waals surface area (Å²) in [6.45, 7) is -0.183. The zero-order valence-corrected chi connectivity index (χ0v) is 10.8. The molecule has 0 fully saturated rings. The molecule has 0 saturated carbocycles. The summed E-state index contributed by atoms with van der Waals surface area (Å²) in [4.78, 5) is 32.5. The topological polar surface area (TPSA) is 95.5 Å². The van der Waals surface area contributed by atoms with Crippen LogP contribution in [0.4, 0.5) is 18.0 Å². The normalized spacial score (nSPS) is 10.9. The summed E-state index contributed by atoms with van der Waals surface area (Å²) in [6, 6.07) is -0.851. The number of hydrogen-bond donors (Lipinski definition) is 3. The van der Waals surface area contributed by atoms with E-state index in [0.29, 0.717) is 12.8 Å². The molecule has 3 N–H and O–H groups in total. The van der Waals surface area contributed by atoms with Gasteiger partial charge in [0.25, 0.3) is 0 Å². The lowest BCUT2D eigenvalue weighted by molar-refractivity contribution is -0.137. The Kier molecular flexibility index (Phi) is 8.33. The smallest absolute Gasteiger partial charge is 0.389 e. The molecule has 0 saturated heterocycles. The first-order chi connectivity index (χ1) is 9.20. The van der Waals surface area contributed by atoms with Gasteiger partial charge in [0.1, 0.15) is 0 Å². The van der Waals surface area contributed by atoms with E-state index < -0.39 is 30.5 Å². The highest BCUT2D eigenvalue weighted by Gasteiger charge is 2.25. The summed E-state index contributed by atoms with van der Waals surface area (Å²) in [5.41, 5.74) is 0. The van der Waals surface area contributed by atoms with Gasteiger partial charge < -0.3 is 10.4 Å². The quantitative estimate of drug-likeness (QED) is 0.595. The number of carbonyl (C=O) groups is 3. The minimum Gasteiger partial charge on any atom is -0.481 e. The number of hydrogen-bond acceptors (Lipinski definition) is 3. The van der Waals surface area contributed by atoms with Crippen molar-refractivity contribution in [3.8, 4) is 0 Å². The lowest BCUT2D eigenvalue weighted by Crippen LogP contribution is -2.39. The number of unbranched alkanes of at least 4 members (excludes halogenated alkanes) is 1. The number of rotatable bonds is 8. The minimum absolute atomic E-state index is 0.0107. The number of urea groups is 1. The molecule has 6 nitrogen and oxygen atoms in total. The largest absolute Gasteiger partial charge is 0.481 e. The molecular formula is C11H17F3N2O4. The molecule has 0 aromatic heterocycles. The van der Waals surface area contributed by atoms with E-state index in [2.05, 4.69) is 5.32 Å². The van der Waals surface area contributed by atoms with Gasteiger partial charge in [-0.1, -0.05) is 0 Å². The maximum absolute atomic E-state index is 11.8. The Morgan fingerprint density at radius 2 is 1.60 bits per heavy atom. The van der Waals surface area contributed by atoms with Crippen LogP contribution in [0.2, 0.25) is 0 Å². The van der Waals surface area contributed by atoms with Gasteiger partial charge in [-0.2, -0.15) is 13.2 Å². The number of alkyl halides is 3. The van der Waals surface area contributed by atoms with Crippen molar-refractivity contribution in [1.29, 1.82) is 0 Å². The van der Waals surface area contributed by atoms with Crippen LogP contribution >= 0.6 is 0 Å². The van der Waals surface area contributed by atoms with Gasteiger partial charge in [-0.3, -0.25) is 14.9 Å². The number of imide groups is 1. The van der Waals surface area contributed by atoms with Crippen LogP contribution in [0.3, 0.4) is 0 Å². The zero-order chi connectivity index (χ0) is 15.6. The second kappa shape index (κ2) is 9.16. The molecule has 0 radical (unpaired) electrons. The van der Waals surface area contributed by atoms with E-state index in [0.717, 1.165) is 0 Å². The molecule has 9 heteroatoms. The summed E-state index contributed by atoms with van der Waals surface area (Å²) in [6.07, 6.45) is -4.96. The summed E-state index contributed by atoms with van der Waals surface area (Å²) in [7, 11) is 0. The molecule has 0 aromatic rings. The molecule has 116 valence electrons. The molecule has 0 aromatic carbocycles. The molecule has 0 aliphatic rings. The fourth-order valence-corrected chi connectivity index (χ4v) is 1.29. The fourth-order valence-electron chi connectivity index (χ4n) is 1.29. The van der Waals surface area contributed by atoms with E-state index in [1.54, 1.807) is 0 Å². The van der Waals surface area contributed by atoms with Crippen LogP contribution in [-0.2, 0) is 9.59 Å². The lowest BCUT2D eigenvalue weighted by atomic mass is 10.2. The van der Waals surface area contributed by atoms with Crippen molar-refractivity contribution in [1.82, 2.24) is 10.6 Å². The van der Waals surface area contributed by atoms with E-state index in [9.17, 15) is 27.6 Å². The Balaban J connectivity index is 3.60. The first-order valence-corrected chi connectivity index (χ1v) is 6.07. The van der Waals surface area contributed by atoms with Crippen LogP contribution < -0.4 is 10.6 Å². The van der Waals surface area contributed by atoms with E-state index in [4.69, 9.17) is 5.11 Å². The van der Waals surface area contributed by atoms with Crippen molar-refractivity contribution < 1.29 is 32.7 Å². The van der Waals surface area contributed by atoms with Crippen LogP contribution in [0.5, 0.6) is 0 Å². The average molecular weight is 298 g/mol. The van der Waals surface area contributed by atoms with Crippen molar-refractivity contribution in [2.45, 2.75) is 44.7 Å². The fraction of sp³-hybridized carbons (Fsp3) is 0.727. The van der Waals surface area contributed by atoms with E-state index >= 15 is 0 Å². The SMILES string of the molecule is O=C(O)CCCCC(=O)NC(=O)NCCCC(F)(F)F. The molecule has 0 heterocycles. The van der Waals surface area contributed by atoms with Gasteiger partial charge in [-0.25, -0.2) is 4.79 Å².